The molecule has 112 valence electrons. The summed E-state index contributed by atoms with van der Waals surface area (Å²) in [5.41, 5.74) is 0.946. The second-order valence-corrected chi connectivity index (χ2v) is 7.23. The maximum absolute atomic E-state index is 11.9. The summed E-state index contributed by atoms with van der Waals surface area (Å²) in [6.45, 7) is 6.27. The van der Waals surface area contributed by atoms with E-state index in [-0.39, 0.29) is 16.7 Å². The summed E-state index contributed by atoms with van der Waals surface area (Å²) in [5.74, 6) is 0.601. The second kappa shape index (κ2) is 7.55. The Morgan fingerprint density at radius 3 is 2.35 bits per heavy atom. The first kappa shape index (κ1) is 16.9. The van der Waals surface area contributed by atoms with Crippen molar-refractivity contribution in [1.29, 1.82) is 0 Å². The predicted octanol–water partition coefficient (Wildman–Crippen LogP) is 3.35. The minimum Gasteiger partial charge on any atom is -0.456 e. The number of rotatable bonds is 5. The minimum absolute atomic E-state index is 0.0702. The molecule has 1 unspecified atom stereocenters. The van der Waals surface area contributed by atoms with Gasteiger partial charge in [0.15, 0.2) is 0 Å². The molecule has 0 saturated heterocycles. The van der Waals surface area contributed by atoms with Crippen LogP contribution >= 0.6 is 0 Å². The fraction of sp³-hybridized carbons (Fsp3) is 0.533. The van der Waals surface area contributed by atoms with Crippen molar-refractivity contribution < 1.29 is 14.3 Å². The van der Waals surface area contributed by atoms with Crippen LogP contribution in [0.25, 0.3) is 0 Å². The van der Waals surface area contributed by atoms with Gasteiger partial charge in [0.1, 0.15) is 5.60 Å². The topological polar surface area (TPSA) is 47.9 Å². The standard InChI is InChI=1S/C15H23NO3S/c1-15(2,3)19-14(17)12-6-8-13(9-7-12)16-20(5)11-10-18-4/h6-9H,10-11H2,1-5H3. The van der Waals surface area contributed by atoms with Crippen LogP contribution in [0.4, 0.5) is 5.69 Å². The van der Waals surface area contributed by atoms with Crippen molar-refractivity contribution in [3.63, 3.8) is 0 Å². The molecule has 1 atom stereocenters. The largest absolute Gasteiger partial charge is 0.456 e. The number of carbonyl (C=O) groups is 1. The van der Waals surface area contributed by atoms with Gasteiger partial charge in [-0.05, 0) is 51.3 Å². The van der Waals surface area contributed by atoms with Gasteiger partial charge in [-0.2, -0.15) is 0 Å². The molecule has 0 radical (unpaired) electrons. The van der Waals surface area contributed by atoms with Crippen molar-refractivity contribution in [2.75, 3.05) is 25.7 Å². The molecule has 0 fully saturated rings. The molecule has 5 heteroatoms. The summed E-state index contributed by atoms with van der Waals surface area (Å²) in [7, 11) is 1.62. The fourth-order valence-corrected chi connectivity index (χ4v) is 2.41. The molecule has 1 rings (SSSR count). The van der Waals surface area contributed by atoms with E-state index in [0.717, 1.165) is 11.4 Å². The van der Waals surface area contributed by atoms with Gasteiger partial charge in [-0.15, -0.1) is 0 Å². The molecule has 0 bridgehead atoms. The monoisotopic (exact) mass is 297 g/mol. The van der Waals surface area contributed by atoms with Crippen LogP contribution < -0.4 is 0 Å². The van der Waals surface area contributed by atoms with Gasteiger partial charge in [0.05, 0.1) is 17.9 Å². The van der Waals surface area contributed by atoms with Gasteiger partial charge in [-0.25, -0.2) is 9.16 Å². The Kier molecular flexibility index (Phi) is 6.36. The van der Waals surface area contributed by atoms with Gasteiger partial charge < -0.3 is 9.47 Å². The van der Waals surface area contributed by atoms with Crippen LogP contribution in [-0.2, 0) is 20.2 Å². The number of carbonyl (C=O) groups excluding carboxylic acids is 1. The zero-order valence-corrected chi connectivity index (χ0v) is 13.6. The van der Waals surface area contributed by atoms with Gasteiger partial charge in [0.25, 0.3) is 0 Å². The molecule has 0 amide bonds. The third-order valence-electron chi connectivity index (χ3n) is 2.35. The first-order valence-corrected chi connectivity index (χ1v) is 8.24. The van der Waals surface area contributed by atoms with Gasteiger partial charge in [0.2, 0.25) is 0 Å². The molecule has 0 heterocycles. The fourth-order valence-electron chi connectivity index (χ4n) is 1.42. The molecule has 0 aliphatic carbocycles. The third-order valence-corrected chi connectivity index (χ3v) is 3.63. The zero-order valence-electron chi connectivity index (χ0n) is 12.8. The predicted molar refractivity (Wildman–Crippen MR) is 83.7 cm³/mol. The Balaban J connectivity index is 2.71. The molecule has 0 spiro atoms. The highest BCUT2D eigenvalue weighted by Crippen LogP contribution is 2.17. The Morgan fingerprint density at radius 2 is 1.85 bits per heavy atom. The molecule has 0 saturated carbocycles. The number of esters is 1. The third kappa shape index (κ3) is 6.30. The zero-order chi connectivity index (χ0) is 15.2. The van der Waals surface area contributed by atoms with Crippen molar-refractivity contribution in [3.05, 3.63) is 29.8 Å². The summed E-state index contributed by atoms with van der Waals surface area (Å²) in [4.78, 5) is 11.9. The first-order valence-electron chi connectivity index (χ1n) is 6.48. The van der Waals surface area contributed by atoms with Crippen molar-refractivity contribution in [2.45, 2.75) is 26.4 Å². The van der Waals surface area contributed by atoms with Crippen LogP contribution in [0.1, 0.15) is 31.1 Å². The smallest absolute Gasteiger partial charge is 0.338 e. The highest BCUT2D eigenvalue weighted by Gasteiger charge is 2.17. The van der Waals surface area contributed by atoms with E-state index in [2.05, 4.69) is 10.6 Å². The Hall–Kier alpha value is -1.20. The van der Waals surface area contributed by atoms with E-state index >= 15 is 0 Å². The van der Waals surface area contributed by atoms with Crippen LogP contribution in [0.5, 0.6) is 0 Å². The van der Waals surface area contributed by atoms with Crippen molar-refractivity contribution in [1.82, 2.24) is 0 Å². The van der Waals surface area contributed by atoms with Gasteiger partial charge in [-0.1, -0.05) is 10.7 Å². The van der Waals surface area contributed by atoms with Crippen LogP contribution in [-0.4, -0.2) is 37.3 Å². The molecular formula is C15H23NO3S. The van der Waals surface area contributed by atoms with E-state index in [1.807, 2.05) is 32.9 Å². The number of nitrogens with zero attached hydrogens (tertiary/aromatic N) is 1. The molecular weight excluding hydrogens is 274 g/mol. The summed E-state index contributed by atoms with van der Waals surface area (Å²) in [6, 6.07) is 7.19. The lowest BCUT2D eigenvalue weighted by Gasteiger charge is -2.19. The number of benzene rings is 1. The van der Waals surface area contributed by atoms with Gasteiger partial charge in [-0.3, -0.25) is 0 Å². The molecule has 1 aromatic carbocycles. The SMILES string of the molecule is COCCS(C)=Nc1ccc(C(=O)OC(C)(C)C)cc1. The average Bonchev–Trinajstić information content (AvgIpc) is 2.35. The highest BCUT2D eigenvalue weighted by atomic mass is 32.2. The first-order chi connectivity index (χ1) is 9.31. The van der Waals surface area contributed by atoms with E-state index in [1.54, 1.807) is 19.2 Å². The van der Waals surface area contributed by atoms with E-state index < -0.39 is 5.60 Å². The summed E-state index contributed by atoms with van der Waals surface area (Å²) >= 11 is 0. The number of methoxy groups -OCH3 is 1. The van der Waals surface area contributed by atoms with E-state index in [9.17, 15) is 4.79 Å². The lowest BCUT2D eigenvalue weighted by Crippen LogP contribution is -2.23. The Bertz CT molecular complexity index is 475. The van der Waals surface area contributed by atoms with Crippen LogP contribution in [0, 0.1) is 0 Å². The molecule has 20 heavy (non-hydrogen) atoms. The summed E-state index contributed by atoms with van der Waals surface area (Å²) in [5, 5.41) is 0. The maximum atomic E-state index is 11.9. The van der Waals surface area contributed by atoms with E-state index in [1.165, 1.54) is 0 Å². The number of ether oxygens (including phenoxy) is 2. The summed E-state index contributed by atoms with van der Waals surface area (Å²) in [6.07, 6.45) is 2.07. The number of hydrogen-bond acceptors (Lipinski definition) is 4. The Morgan fingerprint density at radius 1 is 1.25 bits per heavy atom. The Labute approximate surface area is 123 Å². The van der Waals surface area contributed by atoms with Crippen molar-refractivity contribution >= 4 is 22.3 Å². The quantitative estimate of drug-likeness (QED) is 0.783. The van der Waals surface area contributed by atoms with Crippen molar-refractivity contribution in [2.24, 2.45) is 4.36 Å². The van der Waals surface area contributed by atoms with Crippen molar-refractivity contribution in [3.8, 4) is 0 Å². The average molecular weight is 297 g/mol. The van der Waals surface area contributed by atoms with Crippen LogP contribution in [0.3, 0.4) is 0 Å². The van der Waals surface area contributed by atoms with Crippen LogP contribution in [0.2, 0.25) is 0 Å². The van der Waals surface area contributed by atoms with Gasteiger partial charge >= 0.3 is 5.97 Å². The molecule has 0 N–H and O–H groups in total. The number of hydrogen-bond donors (Lipinski definition) is 0. The molecule has 4 nitrogen and oxygen atoms in total. The molecule has 1 aromatic rings. The summed E-state index contributed by atoms with van der Waals surface area (Å²) < 4.78 is 14.9. The minimum atomic E-state index is -0.476. The highest BCUT2D eigenvalue weighted by molar-refractivity contribution is 7.86. The van der Waals surface area contributed by atoms with E-state index in [0.29, 0.717) is 12.2 Å². The van der Waals surface area contributed by atoms with Crippen LogP contribution in [0.15, 0.2) is 28.6 Å². The lowest BCUT2D eigenvalue weighted by molar-refractivity contribution is 0.00696. The second-order valence-electron chi connectivity index (χ2n) is 5.44. The molecule has 0 aromatic heterocycles. The molecule has 0 aliphatic heterocycles. The molecule has 0 aliphatic rings. The van der Waals surface area contributed by atoms with Gasteiger partial charge in [0, 0.05) is 12.9 Å². The normalized spacial score (nSPS) is 13.2. The van der Waals surface area contributed by atoms with E-state index in [4.69, 9.17) is 9.47 Å². The lowest BCUT2D eigenvalue weighted by atomic mass is 10.1. The maximum Gasteiger partial charge on any atom is 0.338 e.